The van der Waals surface area contributed by atoms with E-state index in [2.05, 4.69) is 9.97 Å². The molecule has 0 spiro atoms. The number of carboxylic acids is 1. The summed E-state index contributed by atoms with van der Waals surface area (Å²) in [5.41, 5.74) is 1.37. The average Bonchev–Trinajstić information content (AvgIpc) is 3.09. The van der Waals surface area contributed by atoms with Crippen molar-refractivity contribution in [1.29, 1.82) is 0 Å². The van der Waals surface area contributed by atoms with Crippen molar-refractivity contribution in [2.45, 2.75) is 18.3 Å². The van der Waals surface area contributed by atoms with Gasteiger partial charge in [-0.25, -0.2) is 4.98 Å². The molecule has 0 bridgehead atoms. The molecule has 4 heteroatoms. The molecule has 16 heavy (non-hydrogen) atoms. The largest absolute Gasteiger partial charge is 0.481 e. The Morgan fingerprint density at radius 3 is 2.56 bits per heavy atom. The number of aliphatic carboxylic acids is 1. The van der Waals surface area contributed by atoms with E-state index in [-0.39, 0.29) is 0 Å². The van der Waals surface area contributed by atoms with Gasteiger partial charge in [0.25, 0.3) is 0 Å². The number of hydrogen-bond donors (Lipinski definition) is 1. The maximum absolute atomic E-state index is 11.2. The Bertz CT molecular complexity index is 576. The highest BCUT2D eigenvalue weighted by atomic mass is 16.4. The number of para-hydroxylation sites is 2. The predicted molar refractivity (Wildman–Crippen MR) is 58.1 cm³/mol. The molecular formula is C12H10N2O2. The van der Waals surface area contributed by atoms with Crippen molar-refractivity contribution in [3.05, 3.63) is 36.2 Å². The Labute approximate surface area is 92.0 Å². The Morgan fingerprint density at radius 2 is 1.94 bits per heavy atom. The number of rotatable bonds is 2. The van der Waals surface area contributed by atoms with Crippen LogP contribution in [0.3, 0.4) is 0 Å². The lowest BCUT2D eigenvalue weighted by Crippen LogP contribution is -2.21. The van der Waals surface area contributed by atoms with Gasteiger partial charge in [0.1, 0.15) is 5.41 Å². The van der Waals surface area contributed by atoms with Crippen molar-refractivity contribution < 1.29 is 9.90 Å². The average molecular weight is 214 g/mol. The second-order valence-corrected chi connectivity index (χ2v) is 4.13. The van der Waals surface area contributed by atoms with Crippen LogP contribution >= 0.6 is 0 Å². The highest BCUT2D eigenvalue weighted by molar-refractivity contribution is 5.85. The van der Waals surface area contributed by atoms with Crippen LogP contribution in [-0.4, -0.2) is 21.0 Å². The van der Waals surface area contributed by atoms with Crippen molar-refractivity contribution in [3.63, 3.8) is 0 Å². The van der Waals surface area contributed by atoms with E-state index >= 15 is 0 Å². The fraction of sp³-hybridized carbons (Fsp3) is 0.250. The highest BCUT2D eigenvalue weighted by Crippen LogP contribution is 2.47. The lowest BCUT2D eigenvalue weighted by molar-refractivity contribution is -0.140. The standard InChI is InChI=1S/C12H10N2O2/c15-11(16)12(5-6-12)10-7-13-8-3-1-2-4-9(8)14-10/h1-4,7H,5-6H2,(H,15,16). The third-order valence-electron chi connectivity index (χ3n) is 3.10. The number of benzene rings is 1. The molecule has 1 heterocycles. The Balaban J connectivity index is 2.16. The number of fused-ring (bicyclic) bond motifs is 1. The maximum atomic E-state index is 11.2. The van der Waals surface area contributed by atoms with Gasteiger partial charge in [0.2, 0.25) is 0 Å². The molecule has 3 rings (SSSR count). The molecule has 4 nitrogen and oxygen atoms in total. The Morgan fingerprint density at radius 1 is 1.25 bits per heavy atom. The third-order valence-corrected chi connectivity index (χ3v) is 3.10. The van der Waals surface area contributed by atoms with Gasteiger partial charge in [-0.05, 0) is 25.0 Å². The summed E-state index contributed by atoms with van der Waals surface area (Å²) < 4.78 is 0. The topological polar surface area (TPSA) is 63.1 Å². The zero-order chi connectivity index (χ0) is 11.2. The molecule has 1 N–H and O–H groups in total. The van der Waals surface area contributed by atoms with Crippen LogP contribution in [0.5, 0.6) is 0 Å². The molecule has 1 aliphatic rings. The molecule has 1 aromatic carbocycles. The van der Waals surface area contributed by atoms with Crippen LogP contribution in [0.2, 0.25) is 0 Å². The van der Waals surface area contributed by atoms with Crippen LogP contribution in [0.25, 0.3) is 11.0 Å². The molecule has 0 atom stereocenters. The normalized spacial score (nSPS) is 17.2. The summed E-state index contributed by atoms with van der Waals surface area (Å²) in [6, 6.07) is 7.48. The van der Waals surface area contributed by atoms with Gasteiger partial charge >= 0.3 is 5.97 Å². The van der Waals surface area contributed by atoms with E-state index in [0.29, 0.717) is 18.5 Å². The SMILES string of the molecule is O=C(O)C1(c2cnc3ccccc3n2)CC1. The van der Waals surface area contributed by atoms with Gasteiger partial charge in [0.15, 0.2) is 0 Å². The van der Waals surface area contributed by atoms with Gasteiger partial charge < -0.3 is 5.11 Å². The zero-order valence-electron chi connectivity index (χ0n) is 8.55. The number of carbonyl (C=O) groups is 1. The molecule has 1 aliphatic carbocycles. The predicted octanol–water partition coefficient (Wildman–Crippen LogP) is 1.75. The van der Waals surface area contributed by atoms with E-state index in [1.165, 1.54) is 0 Å². The third kappa shape index (κ3) is 1.19. The minimum absolute atomic E-state index is 0.582. The van der Waals surface area contributed by atoms with Gasteiger partial charge in [0, 0.05) is 0 Å². The van der Waals surface area contributed by atoms with Crippen molar-refractivity contribution in [3.8, 4) is 0 Å². The first kappa shape index (κ1) is 9.27. The summed E-state index contributed by atoms with van der Waals surface area (Å²) in [6.45, 7) is 0. The minimum atomic E-state index is -0.794. The molecule has 80 valence electrons. The smallest absolute Gasteiger partial charge is 0.315 e. The first-order chi connectivity index (χ1) is 7.72. The fourth-order valence-electron chi connectivity index (χ4n) is 1.89. The summed E-state index contributed by atoms with van der Waals surface area (Å²) in [4.78, 5) is 19.8. The first-order valence-corrected chi connectivity index (χ1v) is 5.18. The number of nitrogens with zero attached hydrogens (tertiary/aromatic N) is 2. The van der Waals surface area contributed by atoms with Crippen molar-refractivity contribution in [2.24, 2.45) is 0 Å². The summed E-state index contributed by atoms with van der Waals surface area (Å²) in [6.07, 6.45) is 2.91. The zero-order valence-corrected chi connectivity index (χ0v) is 8.55. The van der Waals surface area contributed by atoms with E-state index in [1.54, 1.807) is 6.20 Å². The van der Waals surface area contributed by atoms with Gasteiger partial charge in [-0.1, -0.05) is 12.1 Å². The molecule has 1 aromatic heterocycles. The van der Waals surface area contributed by atoms with Crippen LogP contribution in [0.1, 0.15) is 18.5 Å². The summed E-state index contributed by atoms with van der Waals surface area (Å²) >= 11 is 0. The number of carboxylic acid groups (broad SMARTS) is 1. The monoisotopic (exact) mass is 214 g/mol. The van der Waals surface area contributed by atoms with E-state index in [1.807, 2.05) is 24.3 Å². The van der Waals surface area contributed by atoms with E-state index in [4.69, 9.17) is 5.11 Å². The van der Waals surface area contributed by atoms with E-state index in [9.17, 15) is 4.79 Å². The van der Waals surface area contributed by atoms with Gasteiger partial charge in [-0.2, -0.15) is 0 Å². The van der Waals surface area contributed by atoms with E-state index < -0.39 is 11.4 Å². The Hall–Kier alpha value is -1.97. The second-order valence-electron chi connectivity index (χ2n) is 4.13. The van der Waals surface area contributed by atoms with E-state index in [0.717, 1.165) is 11.0 Å². The van der Waals surface area contributed by atoms with Gasteiger partial charge in [-0.15, -0.1) is 0 Å². The molecule has 2 aromatic rings. The summed E-state index contributed by atoms with van der Waals surface area (Å²) in [5.74, 6) is -0.794. The molecule has 0 amide bonds. The van der Waals surface area contributed by atoms with Crippen LogP contribution in [0.4, 0.5) is 0 Å². The fourth-order valence-corrected chi connectivity index (χ4v) is 1.89. The molecule has 0 unspecified atom stereocenters. The molecule has 0 saturated heterocycles. The quantitative estimate of drug-likeness (QED) is 0.827. The lowest BCUT2D eigenvalue weighted by Gasteiger charge is -2.08. The molecule has 1 saturated carbocycles. The first-order valence-electron chi connectivity index (χ1n) is 5.18. The summed E-state index contributed by atoms with van der Waals surface area (Å²) in [7, 11) is 0. The van der Waals surface area contributed by atoms with Crippen molar-refractivity contribution in [1.82, 2.24) is 9.97 Å². The highest BCUT2D eigenvalue weighted by Gasteiger charge is 2.53. The van der Waals surface area contributed by atoms with Crippen molar-refractivity contribution in [2.75, 3.05) is 0 Å². The van der Waals surface area contributed by atoms with Crippen LogP contribution in [0, 0.1) is 0 Å². The van der Waals surface area contributed by atoms with Crippen LogP contribution in [0.15, 0.2) is 30.5 Å². The maximum Gasteiger partial charge on any atom is 0.315 e. The van der Waals surface area contributed by atoms with Crippen LogP contribution in [-0.2, 0) is 10.2 Å². The molecular weight excluding hydrogens is 204 g/mol. The number of aromatic nitrogens is 2. The Kier molecular flexibility index (Phi) is 1.74. The van der Waals surface area contributed by atoms with Crippen LogP contribution < -0.4 is 0 Å². The van der Waals surface area contributed by atoms with Gasteiger partial charge in [-0.3, -0.25) is 9.78 Å². The molecule has 1 fully saturated rings. The lowest BCUT2D eigenvalue weighted by atomic mass is 10.0. The number of hydrogen-bond acceptors (Lipinski definition) is 3. The second kappa shape index (κ2) is 3.01. The summed E-state index contributed by atoms with van der Waals surface area (Å²) in [5, 5.41) is 9.16. The van der Waals surface area contributed by atoms with Crippen molar-refractivity contribution >= 4 is 17.0 Å². The molecule has 0 radical (unpaired) electrons. The minimum Gasteiger partial charge on any atom is -0.481 e. The van der Waals surface area contributed by atoms with Gasteiger partial charge in [0.05, 0.1) is 22.9 Å². The molecule has 0 aliphatic heterocycles.